The van der Waals surface area contributed by atoms with Crippen LogP contribution < -0.4 is 19.3 Å². The fourth-order valence-corrected chi connectivity index (χ4v) is 5.89. The first-order valence-corrected chi connectivity index (χ1v) is 14.6. The van der Waals surface area contributed by atoms with Crippen molar-refractivity contribution in [3.63, 3.8) is 0 Å². The van der Waals surface area contributed by atoms with Gasteiger partial charge in [0, 0.05) is 44.5 Å². The van der Waals surface area contributed by atoms with Crippen molar-refractivity contribution < 1.29 is 49.7 Å². The number of hydrogen-bond donors (Lipinski definition) is 1. The van der Waals surface area contributed by atoms with E-state index in [2.05, 4.69) is 20.1 Å². The van der Waals surface area contributed by atoms with E-state index in [4.69, 9.17) is 4.74 Å². The van der Waals surface area contributed by atoms with Crippen LogP contribution in [0.1, 0.15) is 54.9 Å². The molecule has 0 radical (unpaired) electrons. The minimum absolute atomic E-state index is 0. The van der Waals surface area contributed by atoms with Crippen molar-refractivity contribution in [2.45, 2.75) is 64.3 Å². The average molecular weight is 701 g/mol. The minimum atomic E-state index is -5.06. The van der Waals surface area contributed by atoms with Crippen LogP contribution in [0.4, 0.5) is 46.8 Å². The maximum Gasteiger partial charge on any atom is 0.586 e. The molecule has 0 saturated heterocycles. The van der Waals surface area contributed by atoms with E-state index in [0.717, 1.165) is 30.5 Å². The molecule has 1 aliphatic carbocycles. The summed E-state index contributed by atoms with van der Waals surface area (Å²) in [6, 6.07) is 3.97. The van der Waals surface area contributed by atoms with Crippen molar-refractivity contribution in [2.24, 2.45) is 18.9 Å². The molecule has 3 aromatic rings. The van der Waals surface area contributed by atoms with E-state index >= 15 is 0 Å². The van der Waals surface area contributed by atoms with Gasteiger partial charge in [0.05, 0.1) is 18.2 Å². The van der Waals surface area contributed by atoms with Gasteiger partial charge in [-0.2, -0.15) is 31.1 Å². The number of rotatable bonds is 10. The average Bonchev–Trinajstić information content (AvgIpc) is 3.55. The van der Waals surface area contributed by atoms with Gasteiger partial charge in [-0.25, -0.2) is 0 Å². The molecule has 260 valence electrons. The van der Waals surface area contributed by atoms with Crippen LogP contribution in [0.15, 0.2) is 30.3 Å². The lowest BCUT2D eigenvalue weighted by molar-refractivity contribution is -0.286. The van der Waals surface area contributed by atoms with Gasteiger partial charge in [-0.05, 0) is 85.0 Å². The Labute approximate surface area is 270 Å². The predicted molar refractivity (Wildman–Crippen MR) is 155 cm³/mol. The quantitative estimate of drug-likeness (QED) is 0.231. The monoisotopic (exact) mass is 700 g/mol. The number of nitrogens with zero attached hydrogens (tertiary/aromatic N) is 6. The van der Waals surface area contributed by atoms with Crippen molar-refractivity contribution in [1.29, 1.82) is 0 Å². The Morgan fingerprint density at radius 2 is 1.45 bits per heavy atom. The topological polar surface area (TPSA) is 88.8 Å². The highest BCUT2D eigenvalue weighted by molar-refractivity contribution is 5.85. The molecule has 9 nitrogen and oxygen atoms in total. The summed E-state index contributed by atoms with van der Waals surface area (Å²) in [7, 11) is 1.43. The van der Waals surface area contributed by atoms with Crippen LogP contribution in [0.25, 0.3) is 0 Å². The van der Waals surface area contributed by atoms with Crippen LogP contribution in [0.3, 0.4) is 0 Å². The minimum Gasteiger partial charge on any atom is -0.396 e. The molecule has 5 rings (SSSR count). The maximum atomic E-state index is 14.1. The standard InChI is InChI=1S/C29H32F8N6O3.ClH/c1-3-42(13-17-4-6-18(16-44)7-5-17)23-12-25-24(45-29(36,37)46-25)10-20(23)15-43(26-38-40-41(2)39-26)14-19-8-21(27(30,31)32)11-22(9-19)28(33,34)35;/h8-12,17-18,44H,3-7,13-16H2,1-2H3;1H. The molecule has 1 N–H and O–H groups in total. The highest BCUT2D eigenvalue weighted by Crippen LogP contribution is 2.46. The van der Waals surface area contributed by atoms with E-state index in [1.54, 1.807) is 0 Å². The summed E-state index contributed by atoms with van der Waals surface area (Å²) in [5, 5.41) is 21.3. The summed E-state index contributed by atoms with van der Waals surface area (Å²) in [5.74, 6) is -0.174. The highest BCUT2D eigenvalue weighted by atomic mass is 35.5. The van der Waals surface area contributed by atoms with Gasteiger partial charge in [0.15, 0.2) is 11.5 Å². The number of aliphatic hydroxyl groups is 1. The number of ether oxygens (including phenoxy) is 2. The Hall–Kier alpha value is -3.60. The molecular weight excluding hydrogens is 668 g/mol. The molecule has 1 fully saturated rings. The normalized spacial score (nSPS) is 19.0. The summed E-state index contributed by atoms with van der Waals surface area (Å²) >= 11 is 0. The number of aliphatic hydroxyl groups excluding tert-OH is 1. The van der Waals surface area contributed by atoms with Crippen molar-refractivity contribution in [1.82, 2.24) is 20.2 Å². The first kappa shape index (κ1) is 36.2. The van der Waals surface area contributed by atoms with Crippen molar-refractivity contribution >= 4 is 24.0 Å². The molecule has 0 unspecified atom stereocenters. The van der Waals surface area contributed by atoms with E-state index in [1.807, 2.05) is 11.8 Å². The second kappa shape index (κ2) is 13.9. The molecule has 18 heteroatoms. The molecule has 47 heavy (non-hydrogen) atoms. The van der Waals surface area contributed by atoms with Crippen LogP contribution in [0.2, 0.25) is 0 Å². The first-order chi connectivity index (χ1) is 21.5. The van der Waals surface area contributed by atoms with Gasteiger partial charge in [-0.1, -0.05) is 5.10 Å². The molecule has 0 bridgehead atoms. The fraction of sp³-hybridized carbons (Fsp3) is 0.552. The Kier molecular flexibility index (Phi) is 10.7. The Balaban J connectivity index is 0.00000500. The molecule has 2 aromatic carbocycles. The Morgan fingerprint density at radius 3 is 1.96 bits per heavy atom. The number of aryl methyl sites for hydroxylation is 1. The summed E-state index contributed by atoms with van der Waals surface area (Å²) in [5.41, 5.74) is -2.48. The summed E-state index contributed by atoms with van der Waals surface area (Å²) in [6.07, 6.45) is -10.7. The number of benzene rings is 2. The van der Waals surface area contributed by atoms with Crippen LogP contribution in [-0.2, 0) is 32.5 Å². The molecule has 1 aromatic heterocycles. The van der Waals surface area contributed by atoms with Crippen LogP contribution in [0, 0.1) is 11.8 Å². The van der Waals surface area contributed by atoms with Gasteiger partial charge in [0.1, 0.15) is 0 Å². The zero-order valence-corrected chi connectivity index (χ0v) is 26.1. The third kappa shape index (κ3) is 8.66. The van der Waals surface area contributed by atoms with Crippen molar-refractivity contribution in [3.8, 4) is 11.5 Å². The fourth-order valence-electron chi connectivity index (χ4n) is 5.89. The Bertz CT molecular complexity index is 1500. The number of hydrogen-bond acceptors (Lipinski definition) is 8. The molecule has 1 saturated carbocycles. The molecule has 0 amide bonds. The predicted octanol–water partition coefficient (Wildman–Crippen LogP) is 6.82. The van der Waals surface area contributed by atoms with Crippen LogP contribution in [0.5, 0.6) is 11.5 Å². The number of tetrazole rings is 1. The van der Waals surface area contributed by atoms with Gasteiger partial charge < -0.3 is 24.4 Å². The molecule has 2 heterocycles. The molecule has 0 atom stereocenters. The zero-order valence-electron chi connectivity index (χ0n) is 25.3. The van der Waals surface area contributed by atoms with Gasteiger partial charge in [0.2, 0.25) is 0 Å². The number of aromatic nitrogens is 4. The van der Waals surface area contributed by atoms with Gasteiger partial charge in [0.25, 0.3) is 5.95 Å². The molecule has 1 aliphatic heterocycles. The molecular formula is C29H33ClF8N6O3. The van der Waals surface area contributed by atoms with E-state index in [9.17, 15) is 40.2 Å². The summed E-state index contributed by atoms with van der Waals surface area (Å²) < 4.78 is 119. The van der Waals surface area contributed by atoms with E-state index in [-0.39, 0.29) is 66.5 Å². The van der Waals surface area contributed by atoms with Gasteiger partial charge in [-0.15, -0.1) is 26.3 Å². The van der Waals surface area contributed by atoms with Gasteiger partial charge >= 0.3 is 18.6 Å². The number of halogens is 9. The SMILES string of the molecule is CCN(CC1CCC(CO)CC1)c1cc2c(cc1CN(Cc1cc(C(F)(F)F)cc(C(F)(F)F)c1)c1nnn(C)n1)OC(F)(F)O2.Cl. The lowest BCUT2D eigenvalue weighted by Crippen LogP contribution is -2.33. The maximum absolute atomic E-state index is 14.1. The lowest BCUT2D eigenvalue weighted by atomic mass is 9.82. The largest absolute Gasteiger partial charge is 0.586 e. The van der Waals surface area contributed by atoms with Crippen LogP contribution >= 0.6 is 12.4 Å². The van der Waals surface area contributed by atoms with Crippen LogP contribution in [-0.4, -0.2) is 51.3 Å². The molecule has 2 aliphatic rings. The van der Waals surface area contributed by atoms with E-state index in [1.165, 1.54) is 24.1 Å². The Morgan fingerprint density at radius 1 is 0.872 bits per heavy atom. The first-order valence-electron chi connectivity index (χ1n) is 14.6. The van der Waals surface area contributed by atoms with Crippen molar-refractivity contribution in [2.75, 3.05) is 29.5 Å². The number of fused-ring (bicyclic) bond motifs is 1. The molecule has 0 spiro atoms. The van der Waals surface area contributed by atoms with E-state index < -0.39 is 36.3 Å². The van der Waals surface area contributed by atoms with Gasteiger partial charge in [-0.3, -0.25) is 0 Å². The lowest BCUT2D eigenvalue weighted by Gasteiger charge is -2.34. The number of anilines is 2. The third-order valence-corrected chi connectivity index (χ3v) is 8.19. The second-order valence-electron chi connectivity index (χ2n) is 11.6. The van der Waals surface area contributed by atoms with Crippen molar-refractivity contribution in [3.05, 3.63) is 52.6 Å². The third-order valence-electron chi connectivity index (χ3n) is 8.19. The number of alkyl halides is 8. The second-order valence-corrected chi connectivity index (χ2v) is 11.6. The zero-order chi connectivity index (χ0) is 33.4. The van der Waals surface area contributed by atoms with E-state index in [0.29, 0.717) is 36.5 Å². The highest BCUT2D eigenvalue weighted by Gasteiger charge is 2.44. The smallest absolute Gasteiger partial charge is 0.396 e. The summed E-state index contributed by atoms with van der Waals surface area (Å²) in [4.78, 5) is 4.33. The summed E-state index contributed by atoms with van der Waals surface area (Å²) in [6.45, 7) is 2.20.